The van der Waals surface area contributed by atoms with Crippen molar-refractivity contribution >= 4 is 0 Å². The fourth-order valence-corrected chi connectivity index (χ4v) is 5.05. The molecule has 0 saturated heterocycles. The van der Waals surface area contributed by atoms with E-state index in [1.807, 2.05) is 21.5 Å². The van der Waals surface area contributed by atoms with Crippen LogP contribution >= 0.6 is 0 Å². The van der Waals surface area contributed by atoms with Gasteiger partial charge in [-0.2, -0.15) is 0 Å². The summed E-state index contributed by atoms with van der Waals surface area (Å²) in [6.07, 6.45) is 0. The van der Waals surface area contributed by atoms with E-state index in [-0.39, 0.29) is 0 Å². The van der Waals surface area contributed by atoms with E-state index in [4.69, 9.17) is 10.2 Å². The molecule has 36 heavy (non-hydrogen) atoms. The van der Waals surface area contributed by atoms with Crippen molar-refractivity contribution in [1.29, 1.82) is 0 Å². The Morgan fingerprint density at radius 2 is 0.778 bits per heavy atom. The maximum atomic E-state index is 4.73. The molecule has 7 rings (SSSR count). The van der Waals surface area contributed by atoms with Gasteiger partial charge >= 0.3 is 0 Å². The lowest BCUT2D eigenvalue weighted by molar-refractivity contribution is 0.655. The van der Waals surface area contributed by atoms with Gasteiger partial charge in [-0.1, -0.05) is 120 Å². The van der Waals surface area contributed by atoms with E-state index in [1.165, 1.54) is 11.1 Å². The largest absolute Gasteiger partial charge is 0.240 e. The molecule has 4 aromatic carbocycles. The maximum Gasteiger partial charge on any atom is 0.121 e. The van der Waals surface area contributed by atoms with E-state index >= 15 is 0 Å². The lowest BCUT2D eigenvalue weighted by Gasteiger charge is -2.18. The van der Waals surface area contributed by atoms with E-state index in [0.717, 1.165) is 45.0 Å². The van der Waals surface area contributed by atoms with Gasteiger partial charge in [0.25, 0.3) is 0 Å². The van der Waals surface area contributed by atoms with Crippen LogP contribution in [0.5, 0.6) is 0 Å². The maximum absolute atomic E-state index is 4.73. The first-order valence-corrected chi connectivity index (χ1v) is 12.0. The molecule has 0 aliphatic heterocycles. The number of nitrogens with zero attached hydrogens (tertiary/aromatic N) is 6. The fraction of sp³-hybridized carbons (Fsp3) is 0.0667. The summed E-state index contributed by atoms with van der Waals surface area (Å²) < 4.78 is 4.00. The molecule has 6 heteroatoms. The Kier molecular flexibility index (Phi) is 4.81. The van der Waals surface area contributed by atoms with Gasteiger partial charge in [0.15, 0.2) is 0 Å². The average molecular weight is 467 g/mol. The first kappa shape index (κ1) is 20.5. The highest BCUT2D eigenvalue weighted by Gasteiger charge is 2.29. The minimum absolute atomic E-state index is 0.632. The molecule has 0 fully saturated rings. The normalized spacial score (nSPS) is 11.6. The highest BCUT2D eigenvalue weighted by atomic mass is 15.4. The molecule has 2 heterocycles. The third-order valence-corrected chi connectivity index (χ3v) is 6.70. The molecule has 6 nitrogen and oxygen atoms in total. The van der Waals surface area contributed by atoms with Crippen molar-refractivity contribution in [2.45, 2.75) is 13.1 Å². The first-order chi connectivity index (χ1) is 17.9. The van der Waals surface area contributed by atoms with Gasteiger partial charge in [0, 0.05) is 22.3 Å². The molecule has 1 aliphatic rings. The van der Waals surface area contributed by atoms with Gasteiger partial charge in [0.1, 0.15) is 11.4 Å². The second-order valence-electron chi connectivity index (χ2n) is 8.95. The van der Waals surface area contributed by atoms with Crippen molar-refractivity contribution in [1.82, 2.24) is 30.0 Å². The number of hydrogen-bond donors (Lipinski definition) is 0. The zero-order chi connectivity index (χ0) is 23.9. The molecule has 0 spiro atoms. The van der Waals surface area contributed by atoms with Crippen molar-refractivity contribution in [2.24, 2.45) is 0 Å². The molecule has 0 saturated carbocycles. The van der Waals surface area contributed by atoms with E-state index in [1.54, 1.807) is 0 Å². The van der Waals surface area contributed by atoms with Crippen LogP contribution in [0.15, 0.2) is 109 Å². The lowest BCUT2D eigenvalue weighted by atomic mass is 9.89. The van der Waals surface area contributed by atoms with Crippen LogP contribution in [0.2, 0.25) is 0 Å². The predicted molar refractivity (Wildman–Crippen MR) is 140 cm³/mol. The molecule has 6 aromatic rings. The van der Waals surface area contributed by atoms with Gasteiger partial charge in [0.05, 0.1) is 24.5 Å². The summed E-state index contributed by atoms with van der Waals surface area (Å²) in [6, 6.07) is 37.5. The molecule has 0 N–H and O–H groups in total. The third kappa shape index (κ3) is 3.34. The Hall–Kier alpha value is -4.84. The Bertz CT molecular complexity index is 1550. The summed E-state index contributed by atoms with van der Waals surface area (Å²) in [5.74, 6) is 0. The summed E-state index contributed by atoms with van der Waals surface area (Å²) in [7, 11) is 0. The van der Waals surface area contributed by atoms with E-state index in [2.05, 4.69) is 107 Å². The second-order valence-corrected chi connectivity index (χ2v) is 8.95. The van der Waals surface area contributed by atoms with Crippen LogP contribution in [0.3, 0.4) is 0 Å². The zero-order valence-corrected chi connectivity index (χ0v) is 19.5. The Morgan fingerprint density at radius 1 is 0.417 bits per heavy atom. The van der Waals surface area contributed by atoms with Crippen LogP contribution in [0.1, 0.15) is 11.1 Å². The summed E-state index contributed by atoms with van der Waals surface area (Å²) >= 11 is 0. The molecular formula is C30H22N6. The first-order valence-electron chi connectivity index (χ1n) is 12.0. The van der Waals surface area contributed by atoms with E-state index in [9.17, 15) is 0 Å². The van der Waals surface area contributed by atoms with Crippen LogP contribution < -0.4 is 0 Å². The smallest absolute Gasteiger partial charge is 0.121 e. The predicted octanol–water partition coefficient (Wildman–Crippen LogP) is 5.95. The fourth-order valence-electron chi connectivity index (χ4n) is 5.05. The standard InChI is InChI=1S/C30H22N6/c1-3-11-21(12-4-1)19-35-29-25-17-9-7-15-23(25)28-30(26-18-10-8-16-24(26)27(29)31-33-35)36(34-32-28)20-22-13-5-2-6-14-22/h1-18H,19-20H2. The Morgan fingerprint density at radius 3 is 1.19 bits per heavy atom. The minimum atomic E-state index is 0.632. The van der Waals surface area contributed by atoms with Gasteiger partial charge in [0.2, 0.25) is 0 Å². The molecule has 0 bridgehead atoms. The average Bonchev–Trinajstić information content (AvgIpc) is 3.53. The highest BCUT2D eigenvalue weighted by Crippen LogP contribution is 2.46. The van der Waals surface area contributed by atoms with Crippen molar-refractivity contribution < 1.29 is 0 Å². The van der Waals surface area contributed by atoms with Crippen molar-refractivity contribution in [3.63, 3.8) is 0 Å². The van der Waals surface area contributed by atoms with Gasteiger partial charge < -0.3 is 0 Å². The van der Waals surface area contributed by atoms with Crippen LogP contribution in [0.4, 0.5) is 0 Å². The van der Waals surface area contributed by atoms with Crippen LogP contribution in [-0.2, 0) is 13.1 Å². The Labute approximate surface area is 208 Å². The minimum Gasteiger partial charge on any atom is -0.240 e. The van der Waals surface area contributed by atoms with Gasteiger partial charge in [-0.25, -0.2) is 9.36 Å². The topological polar surface area (TPSA) is 61.4 Å². The highest BCUT2D eigenvalue weighted by molar-refractivity contribution is 5.98. The van der Waals surface area contributed by atoms with E-state index < -0.39 is 0 Å². The molecule has 2 aromatic heterocycles. The summed E-state index contributed by atoms with van der Waals surface area (Å²) in [5.41, 5.74) is 10.2. The van der Waals surface area contributed by atoms with Gasteiger partial charge in [-0.15, -0.1) is 10.2 Å². The third-order valence-electron chi connectivity index (χ3n) is 6.70. The SMILES string of the molecule is c1ccc(Cn2nnc3c2-c2ccccc2-c2nnn(Cc4ccccc4)c2-c2ccccc2-3)cc1. The summed E-state index contributed by atoms with van der Waals surface area (Å²) in [6.45, 7) is 1.26. The van der Waals surface area contributed by atoms with Crippen LogP contribution in [0.25, 0.3) is 45.0 Å². The van der Waals surface area contributed by atoms with Crippen molar-refractivity contribution in [3.8, 4) is 45.0 Å². The monoisotopic (exact) mass is 466 g/mol. The van der Waals surface area contributed by atoms with E-state index in [0.29, 0.717) is 13.1 Å². The summed E-state index contributed by atoms with van der Waals surface area (Å²) in [4.78, 5) is 0. The molecule has 0 radical (unpaired) electrons. The van der Waals surface area contributed by atoms with Crippen molar-refractivity contribution in [2.75, 3.05) is 0 Å². The number of fused-ring (bicyclic) bond motifs is 8. The second kappa shape index (κ2) is 8.43. The molecular weight excluding hydrogens is 444 g/mol. The number of hydrogen-bond acceptors (Lipinski definition) is 4. The Balaban J connectivity index is 1.48. The lowest BCUT2D eigenvalue weighted by Crippen LogP contribution is -2.07. The summed E-state index contributed by atoms with van der Waals surface area (Å²) in [5, 5.41) is 18.7. The van der Waals surface area contributed by atoms with Gasteiger partial charge in [-0.05, 0) is 11.1 Å². The number of benzene rings is 4. The van der Waals surface area contributed by atoms with Crippen LogP contribution in [-0.4, -0.2) is 30.0 Å². The quantitative estimate of drug-likeness (QED) is 0.322. The molecule has 1 aliphatic carbocycles. The molecule has 0 unspecified atom stereocenters. The zero-order valence-electron chi connectivity index (χ0n) is 19.5. The molecule has 0 amide bonds. The molecule has 172 valence electrons. The van der Waals surface area contributed by atoms with Crippen molar-refractivity contribution in [3.05, 3.63) is 120 Å². The molecule has 0 atom stereocenters. The number of rotatable bonds is 4. The van der Waals surface area contributed by atoms with Gasteiger partial charge in [-0.3, -0.25) is 0 Å². The number of aromatic nitrogens is 6. The van der Waals surface area contributed by atoms with Crippen LogP contribution in [0, 0.1) is 0 Å².